The minimum atomic E-state index is -1.07. The van der Waals surface area contributed by atoms with Crippen molar-refractivity contribution in [2.75, 3.05) is 0 Å². The molecule has 0 heterocycles. The van der Waals surface area contributed by atoms with Gasteiger partial charge in [-0.2, -0.15) is 0 Å². The first kappa shape index (κ1) is 19.9. The van der Waals surface area contributed by atoms with Crippen LogP contribution in [0.4, 0.5) is 0 Å². The highest BCUT2D eigenvalue weighted by Crippen LogP contribution is 2.46. The van der Waals surface area contributed by atoms with Gasteiger partial charge >= 0.3 is 5.97 Å². The molecule has 0 fully saturated rings. The van der Waals surface area contributed by atoms with Crippen molar-refractivity contribution in [2.45, 2.75) is 38.1 Å². The first-order valence-corrected chi connectivity index (χ1v) is 10.1. The molecule has 0 bridgehead atoms. The lowest BCUT2D eigenvalue weighted by Crippen LogP contribution is -2.44. The minimum absolute atomic E-state index is 0.0180. The predicted molar refractivity (Wildman–Crippen MR) is 118 cm³/mol. The topological polar surface area (TPSA) is 66.4 Å². The quantitative estimate of drug-likeness (QED) is 0.650. The van der Waals surface area contributed by atoms with Crippen LogP contribution >= 0.6 is 0 Å². The number of hydrogen-bond donors (Lipinski definition) is 2. The molecular formula is C26H25NO3. The van der Waals surface area contributed by atoms with E-state index in [1.807, 2.05) is 60.7 Å². The molecule has 3 aromatic rings. The van der Waals surface area contributed by atoms with Gasteiger partial charge in [0.2, 0.25) is 0 Å². The van der Waals surface area contributed by atoms with Crippen molar-refractivity contribution in [3.05, 3.63) is 95.1 Å². The van der Waals surface area contributed by atoms with Crippen molar-refractivity contribution in [2.24, 2.45) is 0 Å². The van der Waals surface area contributed by atoms with Gasteiger partial charge in [0.15, 0.2) is 0 Å². The predicted octanol–water partition coefficient (Wildman–Crippen LogP) is 4.98. The Morgan fingerprint density at radius 2 is 1.33 bits per heavy atom. The molecule has 0 spiro atoms. The third-order valence-corrected chi connectivity index (χ3v) is 5.78. The molecule has 0 unspecified atom stereocenters. The van der Waals surface area contributed by atoms with Gasteiger partial charge in [-0.1, -0.05) is 81.4 Å². The number of fused-ring (bicyclic) bond motifs is 3. The summed E-state index contributed by atoms with van der Waals surface area (Å²) in [5.41, 5.74) is 5.45. The van der Waals surface area contributed by atoms with E-state index < -0.39 is 17.9 Å². The van der Waals surface area contributed by atoms with Gasteiger partial charge in [0.1, 0.15) is 6.04 Å². The molecule has 4 heteroatoms. The van der Waals surface area contributed by atoms with Gasteiger partial charge in [-0.3, -0.25) is 4.79 Å². The lowest BCUT2D eigenvalue weighted by atomic mass is 9.86. The summed E-state index contributed by atoms with van der Waals surface area (Å²) in [5, 5.41) is 12.8. The Labute approximate surface area is 176 Å². The van der Waals surface area contributed by atoms with Crippen molar-refractivity contribution in [3.63, 3.8) is 0 Å². The average Bonchev–Trinajstić information content (AvgIpc) is 3.05. The molecule has 0 aliphatic heterocycles. The van der Waals surface area contributed by atoms with E-state index in [1.165, 1.54) is 0 Å². The molecule has 1 aliphatic carbocycles. The molecule has 4 rings (SSSR count). The van der Waals surface area contributed by atoms with Crippen LogP contribution in [0, 0.1) is 0 Å². The highest BCUT2D eigenvalue weighted by molar-refractivity contribution is 5.97. The molecule has 0 radical (unpaired) electrons. The smallest absolute Gasteiger partial charge is 0.327 e. The van der Waals surface area contributed by atoms with Crippen molar-refractivity contribution < 1.29 is 14.7 Å². The first-order chi connectivity index (χ1) is 14.3. The Bertz CT molecular complexity index is 1060. The van der Waals surface area contributed by atoms with Gasteiger partial charge in [0.05, 0.1) is 0 Å². The third-order valence-electron chi connectivity index (χ3n) is 5.78. The lowest BCUT2D eigenvalue weighted by Gasteiger charge is -2.23. The maximum Gasteiger partial charge on any atom is 0.327 e. The van der Waals surface area contributed by atoms with Crippen molar-refractivity contribution >= 4 is 11.9 Å². The standard InChI is InChI=1S/C26H25NO3/c1-26(2,3)17-14-12-16(13-15-17)24(28)27-23(25(29)30)22-20-10-6-4-8-18(20)19-9-5-7-11-21(19)22/h4-15,22-23H,1-3H3,(H,27,28)(H,29,30)/t23-/m0/s1. The number of carboxylic acids is 1. The Morgan fingerprint density at radius 1 is 0.833 bits per heavy atom. The van der Waals surface area contributed by atoms with Crippen molar-refractivity contribution in [3.8, 4) is 11.1 Å². The van der Waals surface area contributed by atoms with Gasteiger partial charge in [0.25, 0.3) is 5.91 Å². The number of nitrogens with one attached hydrogen (secondary N) is 1. The maximum atomic E-state index is 12.9. The van der Waals surface area contributed by atoms with E-state index in [1.54, 1.807) is 12.1 Å². The van der Waals surface area contributed by atoms with Gasteiger partial charge in [-0.25, -0.2) is 4.79 Å². The molecule has 3 aromatic carbocycles. The summed E-state index contributed by atoms with van der Waals surface area (Å²) in [6.07, 6.45) is 0. The fourth-order valence-electron chi connectivity index (χ4n) is 4.19. The summed E-state index contributed by atoms with van der Waals surface area (Å²) >= 11 is 0. The molecule has 1 amide bonds. The molecule has 0 aromatic heterocycles. The largest absolute Gasteiger partial charge is 0.480 e. The second-order valence-corrected chi connectivity index (χ2v) is 8.77. The molecule has 152 valence electrons. The van der Waals surface area contributed by atoms with Gasteiger partial charge < -0.3 is 10.4 Å². The number of amides is 1. The number of benzene rings is 3. The number of carbonyl (C=O) groups excluding carboxylic acids is 1. The normalized spacial score (nSPS) is 14.0. The first-order valence-electron chi connectivity index (χ1n) is 10.1. The zero-order chi connectivity index (χ0) is 21.5. The van der Waals surface area contributed by atoms with E-state index in [0.29, 0.717) is 5.56 Å². The highest BCUT2D eigenvalue weighted by Gasteiger charge is 2.39. The van der Waals surface area contributed by atoms with Crippen LogP contribution in [0.15, 0.2) is 72.8 Å². The number of aliphatic carboxylic acids is 1. The van der Waals surface area contributed by atoms with E-state index in [2.05, 4.69) is 26.1 Å². The molecule has 1 atom stereocenters. The molecule has 1 aliphatic rings. The van der Waals surface area contributed by atoms with Crippen LogP contribution in [0.25, 0.3) is 11.1 Å². The Morgan fingerprint density at radius 3 is 1.80 bits per heavy atom. The molecule has 30 heavy (non-hydrogen) atoms. The summed E-state index contributed by atoms with van der Waals surface area (Å²) in [5.74, 6) is -1.87. The zero-order valence-corrected chi connectivity index (χ0v) is 17.3. The fourth-order valence-corrected chi connectivity index (χ4v) is 4.19. The Balaban J connectivity index is 1.67. The molecule has 2 N–H and O–H groups in total. The third kappa shape index (κ3) is 3.50. The Kier molecular flexibility index (Phi) is 4.94. The fraction of sp³-hybridized carbons (Fsp3) is 0.231. The number of rotatable bonds is 4. The second-order valence-electron chi connectivity index (χ2n) is 8.77. The minimum Gasteiger partial charge on any atom is -0.480 e. The van der Waals surface area contributed by atoms with Gasteiger partial charge in [-0.05, 0) is 45.4 Å². The van der Waals surface area contributed by atoms with Crippen LogP contribution in [0.1, 0.15) is 53.7 Å². The van der Waals surface area contributed by atoms with Crippen molar-refractivity contribution in [1.82, 2.24) is 5.32 Å². The number of carboxylic acid groups (broad SMARTS) is 1. The average molecular weight is 399 g/mol. The van der Waals surface area contributed by atoms with E-state index in [9.17, 15) is 14.7 Å². The van der Waals surface area contributed by atoms with E-state index in [0.717, 1.165) is 27.8 Å². The van der Waals surface area contributed by atoms with E-state index >= 15 is 0 Å². The Hall–Kier alpha value is -3.40. The SMILES string of the molecule is CC(C)(C)c1ccc(C(=O)N[C@H](C(=O)O)C2c3ccccc3-c3ccccc32)cc1. The monoisotopic (exact) mass is 399 g/mol. The highest BCUT2D eigenvalue weighted by atomic mass is 16.4. The van der Waals surface area contributed by atoms with Crippen molar-refractivity contribution in [1.29, 1.82) is 0 Å². The molecule has 0 saturated heterocycles. The number of carbonyl (C=O) groups is 2. The summed E-state index contributed by atoms with van der Waals surface area (Å²) < 4.78 is 0. The van der Waals surface area contributed by atoms with Gasteiger partial charge in [0, 0.05) is 11.5 Å². The van der Waals surface area contributed by atoms with Crippen LogP contribution in [0.2, 0.25) is 0 Å². The molecule has 4 nitrogen and oxygen atoms in total. The summed E-state index contributed by atoms with van der Waals surface area (Å²) in [7, 11) is 0. The van der Waals surface area contributed by atoms with Crippen LogP contribution in [0.3, 0.4) is 0 Å². The van der Waals surface area contributed by atoms with E-state index in [-0.39, 0.29) is 11.3 Å². The van der Waals surface area contributed by atoms with Crippen LogP contribution in [-0.2, 0) is 10.2 Å². The molecule has 0 saturated carbocycles. The van der Waals surface area contributed by atoms with Crippen LogP contribution in [0.5, 0.6) is 0 Å². The van der Waals surface area contributed by atoms with E-state index in [4.69, 9.17) is 0 Å². The van der Waals surface area contributed by atoms with Crippen LogP contribution in [-0.4, -0.2) is 23.0 Å². The summed E-state index contributed by atoms with van der Waals surface area (Å²) in [4.78, 5) is 25.2. The summed E-state index contributed by atoms with van der Waals surface area (Å²) in [6, 6.07) is 21.9. The maximum absolute atomic E-state index is 12.9. The van der Waals surface area contributed by atoms with Crippen LogP contribution < -0.4 is 5.32 Å². The lowest BCUT2D eigenvalue weighted by molar-refractivity contribution is -0.139. The molecular weight excluding hydrogens is 374 g/mol. The zero-order valence-electron chi connectivity index (χ0n) is 17.3. The van der Waals surface area contributed by atoms with Gasteiger partial charge in [-0.15, -0.1) is 0 Å². The number of hydrogen-bond acceptors (Lipinski definition) is 2. The summed E-state index contributed by atoms with van der Waals surface area (Å²) in [6.45, 7) is 6.33. The second kappa shape index (κ2) is 7.45.